The Morgan fingerprint density at radius 3 is 2.67 bits per heavy atom. The van der Waals surface area contributed by atoms with Crippen LogP contribution in [0.1, 0.15) is 31.2 Å². The summed E-state index contributed by atoms with van der Waals surface area (Å²) in [6, 6.07) is 8.16. The molecule has 0 atom stereocenters. The van der Waals surface area contributed by atoms with E-state index in [1.807, 2.05) is 0 Å². The number of para-hydroxylation sites is 1. The molecule has 4 nitrogen and oxygen atoms in total. The number of hydrogen-bond donors (Lipinski definition) is 1. The maximum Gasteiger partial charge on any atom is 0.314 e. The number of fused-ring (bicyclic) bond motifs is 1. The first kappa shape index (κ1) is 14.0. The molecule has 1 heterocycles. The number of carbonyl (C=O) groups excluding carboxylic acids is 1. The average Bonchev–Trinajstić information content (AvgIpc) is 3.05. The SMILES string of the molecule is CN(CC1(c2cn(C)c3ccccc23)CCCC1)C(N)=O. The molecule has 0 bridgehead atoms. The van der Waals surface area contributed by atoms with E-state index in [0.29, 0.717) is 6.54 Å². The number of benzene rings is 1. The first-order chi connectivity index (χ1) is 10.0. The fourth-order valence-corrected chi connectivity index (χ4v) is 3.86. The molecule has 2 amide bonds. The van der Waals surface area contributed by atoms with Crippen molar-refractivity contribution in [3.05, 3.63) is 36.0 Å². The molecule has 0 spiro atoms. The first-order valence-electron chi connectivity index (χ1n) is 7.59. The summed E-state index contributed by atoms with van der Waals surface area (Å²) >= 11 is 0. The molecule has 0 unspecified atom stereocenters. The molecule has 1 saturated carbocycles. The molecular weight excluding hydrogens is 262 g/mol. The van der Waals surface area contributed by atoms with Gasteiger partial charge in [-0.3, -0.25) is 0 Å². The van der Waals surface area contributed by atoms with Crippen molar-refractivity contribution in [2.75, 3.05) is 13.6 Å². The van der Waals surface area contributed by atoms with Gasteiger partial charge in [-0.1, -0.05) is 31.0 Å². The van der Waals surface area contributed by atoms with Crippen LogP contribution in [0.3, 0.4) is 0 Å². The quantitative estimate of drug-likeness (QED) is 0.926. The summed E-state index contributed by atoms with van der Waals surface area (Å²) in [5.41, 5.74) is 8.11. The zero-order valence-corrected chi connectivity index (χ0v) is 12.8. The monoisotopic (exact) mass is 285 g/mol. The van der Waals surface area contributed by atoms with Crippen LogP contribution >= 0.6 is 0 Å². The van der Waals surface area contributed by atoms with E-state index in [1.165, 1.54) is 29.3 Å². The summed E-state index contributed by atoms with van der Waals surface area (Å²) in [6.45, 7) is 0.705. The highest BCUT2D eigenvalue weighted by molar-refractivity contribution is 5.85. The molecule has 21 heavy (non-hydrogen) atoms. The average molecular weight is 285 g/mol. The highest BCUT2D eigenvalue weighted by atomic mass is 16.2. The van der Waals surface area contributed by atoms with Gasteiger partial charge in [0.05, 0.1) is 0 Å². The molecular formula is C17H23N3O. The molecule has 1 aliphatic carbocycles. The number of hydrogen-bond acceptors (Lipinski definition) is 1. The van der Waals surface area contributed by atoms with Crippen LogP contribution in [0.25, 0.3) is 10.9 Å². The molecule has 3 rings (SSSR count). The number of urea groups is 1. The molecule has 1 aromatic heterocycles. The lowest BCUT2D eigenvalue weighted by Crippen LogP contribution is -2.42. The topological polar surface area (TPSA) is 51.3 Å². The van der Waals surface area contributed by atoms with Crippen LogP contribution < -0.4 is 5.73 Å². The van der Waals surface area contributed by atoms with Gasteiger partial charge in [0, 0.05) is 43.2 Å². The predicted octanol–water partition coefficient (Wildman–Crippen LogP) is 3.00. The van der Waals surface area contributed by atoms with Gasteiger partial charge in [0.1, 0.15) is 0 Å². The maximum atomic E-state index is 11.5. The van der Waals surface area contributed by atoms with Gasteiger partial charge in [-0.05, 0) is 24.5 Å². The summed E-state index contributed by atoms with van der Waals surface area (Å²) in [7, 11) is 3.89. The Labute approximate surface area is 125 Å². The lowest BCUT2D eigenvalue weighted by atomic mass is 9.78. The van der Waals surface area contributed by atoms with Gasteiger partial charge in [-0.25, -0.2) is 4.79 Å². The minimum absolute atomic E-state index is 0.0463. The van der Waals surface area contributed by atoms with Crippen LogP contribution in [0, 0.1) is 0 Å². The molecule has 2 aromatic rings. The zero-order valence-electron chi connectivity index (χ0n) is 12.8. The standard InChI is InChI=1S/C17H23N3O/c1-19-11-14(13-7-3-4-8-15(13)19)17(9-5-6-10-17)12-20(2)16(18)21/h3-4,7-8,11H,5-6,9-10,12H2,1-2H3,(H2,18,21). The summed E-state index contributed by atoms with van der Waals surface area (Å²) < 4.78 is 2.19. The molecule has 2 N–H and O–H groups in total. The zero-order chi connectivity index (χ0) is 15.0. The number of carbonyl (C=O) groups is 1. The van der Waals surface area contributed by atoms with E-state index in [4.69, 9.17) is 5.73 Å². The summed E-state index contributed by atoms with van der Waals surface area (Å²) in [5, 5.41) is 1.31. The number of primary amides is 1. The Balaban J connectivity index is 2.09. The Morgan fingerprint density at radius 1 is 1.33 bits per heavy atom. The van der Waals surface area contributed by atoms with Crippen molar-refractivity contribution >= 4 is 16.9 Å². The fourth-order valence-electron chi connectivity index (χ4n) is 3.86. The van der Waals surface area contributed by atoms with E-state index in [9.17, 15) is 4.79 Å². The first-order valence-corrected chi connectivity index (χ1v) is 7.59. The van der Waals surface area contributed by atoms with E-state index in [-0.39, 0.29) is 11.4 Å². The maximum absolute atomic E-state index is 11.5. The molecule has 4 heteroatoms. The number of nitrogens with two attached hydrogens (primary N) is 1. The van der Waals surface area contributed by atoms with Gasteiger partial charge in [-0.15, -0.1) is 0 Å². The molecule has 0 radical (unpaired) electrons. The number of aryl methyl sites for hydroxylation is 1. The second-order valence-electron chi connectivity index (χ2n) is 6.35. The predicted molar refractivity (Wildman–Crippen MR) is 85.3 cm³/mol. The number of amides is 2. The Bertz CT molecular complexity index is 668. The van der Waals surface area contributed by atoms with E-state index in [2.05, 4.69) is 42.1 Å². The van der Waals surface area contributed by atoms with Crippen molar-refractivity contribution in [1.82, 2.24) is 9.47 Å². The van der Waals surface area contributed by atoms with Gasteiger partial charge < -0.3 is 15.2 Å². The van der Waals surface area contributed by atoms with Crippen LogP contribution in [0.5, 0.6) is 0 Å². The third-order valence-electron chi connectivity index (χ3n) is 4.95. The Morgan fingerprint density at radius 2 is 2.00 bits per heavy atom. The van der Waals surface area contributed by atoms with Crippen LogP contribution in [0.2, 0.25) is 0 Å². The second-order valence-corrected chi connectivity index (χ2v) is 6.35. The van der Waals surface area contributed by atoms with Crippen LogP contribution in [0.15, 0.2) is 30.5 Å². The summed E-state index contributed by atoms with van der Waals surface area (Å²) in [4.78, 5) is 13.1. The van der Waals surface area contributed by atoms with Crippen molar-refractivity contribution in [2.24, 2.45) is 12.8 Å². The number of nitrogens with zero attached hydrogens (tertiary/aromatic N) is 2. The summed E-state index contributed by atoms with van der Waals surface area (Å²) in [6.07, 6.45) is 6.92. The highest BCUT2D eigenvalue weighted by Gasteiger charge is 2.39. The van der Waals surface area contributed by atoms with Crippen LogP contribution in [-0.4, -0.2) is 29.1 Å². The number of rotatable bonds is 3. The molecule has 0 saturated heterocycles. The normalized spacial score (nSPS) is 17.2. The number of likely N-dealkylation sites (N-methyl/N-ethyl adjacent to an activating group) is 1. The van der Waals surface area contributed by atoms with Gasteiger partial charge in [0.2, 0.25) is 0 Å². The smallest absolute Gasteiger partial charge is 0.314 e. The van der Waals surface area contributed by atoms with Gasteiger partial charge >= 0.3 is 6.03 Å². The molecule has 0 aliphatic heterocycles. The van der Waals surface area contributed by atoms with Crippen molar-refractivity contribution in [1.29, 1.82) is 0 Å². The summed E-state index contributed by atoms with van der Waals surface area (Å²) in [5.74, 6) is 0. The lowest BCUT2D eigenvalue weighted by molar-refractivity contribution is 0.203. The Kier molecular flexibility index (Phi) is 3.40. The molecule has 1 aliphatic rings. The highest BCUT2D eigenvalue weighted by Crippen LogP contribution is 2.44. The largest absolute Gasteiger partial charge is 0.351 e. The fraction of sp³-hybridized carbons (Fsp3) is 0.471. The minimum Gasteiger partial charge on any atom is -0.351 e. The molecule has 1 aromatic carbocycles. The molecule has 112 valence electrons. The Hall–Kier alpha value is -1.97. The number of aromatic nitrogens is 1. The van der Waals surface area contributed by atoms with Crippen molar-refractivity contribution in [3.63, 3.8) is 0 Å². The van der Waals surface area contributed by atoms with E-state index in [0.717, 1.165) is 12.8 Å². The minimum atomic E-state index is -0.346. The third-order valence-corrected chi connectivity index (χ3v) is 4.95. The van der Waals surface area contributed by atoms with Crippen LogP contribution in [0.4, 0.5) is 4.79 Å². The van der Waals surface area contributed by atoms with E-state index >= 15 is 0 Å². The van der Waals surface area contributed by atoms with Gasteiger partial charge in [0.15, 0.2) is 0 Å². The van der Waals surface area contributed by atoms with Gasteiger partial charge in [0.25, 0.3) is 0 Å². The third kappa shape index (κ3) is 2.28. The lowest BCUT2D eigenvalue weighted by Gasteiger charge is -2.33. The van der Waals surface area contributed by atoms with Gasteiger partial charge in [-0.2, -0.15) is 0 Å². The van der Waals surface area contributed by atoms with Crippen molar-refractivity contribution in [2.45, 2.75) is 31.1 Å². The molecule has 1 fully saturated rings. The van der Waals surface area contributed by atoms with E-state index < -0.39 is 0 Å². The van der Waals surface area contributed by atoms with Crippen molar-refractivity contribution < 1.29 is 4.79 Å². The second kappa shape index (κ2) is 5.10. The van der Waals surface area contributed by atoms with Crippen molar-refractivity contribution in [3.8, 4) is 0 Å². The van der Waals surface area contributed by atoms with Crippen LogP contribution in [-0.2, 0) is 12.5 Å². The van der Waals surface area contributed by atoms with E-state index in [1.54, 1.807) is 11.9 Å².